The molecule has 20 heavy (non-hydrogen) atoms. The molecule has 2 aromatic rings. The van der Waals surface area contributed by atoms with Crippen LogP contribution in [0.3, 0.4) is 0 Å². The molecule has 0 spiro atoms. The number of rotatable bonds is 5. The number of anilines is 1. The monoisotopic (exact) mass is 274 g/mol. The molecule has 7 nitrogen and oxygen atoms in total. The fourth-order valence-electron chi connectivity index (χ4n) is 1.64. The minimum Gasteiger partial charge on any atom is -0.320 e. The minimum atomic E-state index is -0.572. The van der Waals surface area contributed by atoms with Gasteiger partial charge in [-0.1, -0.05) is 26.3 Å². The van der Waals surface area contributed by atoms with Gasteiger partial charge in [-0.2, -0.15) is 4.98 Å². The molecule has 2 heterocycles. The van der Waals surface area contributed by atoms with Crippen LogP contribution >= 0.6 is 0 Å². The normalized spacial score (nSPS) is 13.8. The Hall–Kier alpha value is -2.28. The van der Waals surface area contributed by atoms with Gasteiger partial charge in [0.2, 0.25) is 11.9 Å². The molecule has 2 aromatic heterocycles. The average molecular weight is 274 g/mol. The number of H-pyrrole nitrogens is 1. The van der Waals surface area contributed by atoms with Crippen molar-refractivity contribution < 1.29 is 4.79 Å². The van der Waals surface area contributed by atoms with Crippen LogP contribution in [0.4, 0.5) is 5.95 Å². The number of pyridine rings is 1. The lowest BCUT2D eigenvalue weighted by molar-refractivity contribution is -0.118. The molecule has 0 radical (unpaired) electrons. The first-order valence-corrected chi connectivity index (χ1v) is 6.52. The second-order valence-corrected chi connectivity index (χ2v) is 4.62. The number of aromatic amines is 1. The van der Waals surface area contributed by atoms with E-state index in [2.05, 4.69) is 25.5 Å². The van der Waals surface area contributed by atoms with Crippen molar-refractivity contribution in [2.75, 3.05) is 5.32 Å². The van der Waals surface area contributed by atoms with Gasteiger partial charge in [0.1, 0.15) is 5.69 Å². The van der Waals surface area contributed by atoms with Crippen molar-refractivity contribution in [1.29, 1.82) is 0 Å². The van der Waals surface area contributed by atoms with Gasteiger partial charge in [-0.05, 0) is 18.1 Å². The third-order valence-electron chi connectivity index (χ3n) is 3.19. The molecule has 2 rings (SSSR count). The van der Waals surface area contributed by atoms with Gasteiger partial charge in [0.15, 0.2) is 5.82 Å². The highest BCUT2D eigenvalue weighted by molar-refractivity contribution is 5.93. The summed E-state index contributed by atoms with van der Waals surface area (Å²) in [5.74, 6) is 0.516. The van der Waals surface area contributed by atoms with E-state index in [1.54, 1.807) is 12.3 Å². The number of carbonyl (C=O) groups is 1. The zero-order chi connectivity index (χ0) is 14.5. The highest BCUT2D eigenvalue weighted by Crippen LogP contribution is 2.13. The summed E-state index contributed by atoms with van der Waals surface area (Å²) in [5.41, 5.74) is 6.51. The Kier molecular flexibility index (Phi) is 4.41. The Balaban J connectivity index is 2.05. The fourth-order valence-corrected chi connectivity index (χ4v) is 1.64. The number of aromatic nitrogens is 4. The Morgan fingerprint density at radius 2 is 2.30 bits per heavy atom. The van der Waals surface area contributed by atoms with Crippen LogP contribution in [0.25, 0.3) is 11.5 Å². The van der Waals surface area contributed by atoms with Gasteiger partial charge < -0.3 is 5.73 Å². The lowest BCUT2D eigenvalue weighted by atomic mass is 10.00. The predicted molar refractivity (Wildman–Crippen MR) is 75.7 cm³/mol. The van der Waals surface area contributed by atoms with Gasteiger partial charge in [0, 0.05) is 6.20 Å². The molecule has 0 aromatic carbocycles. The highest BCUT2D eigenvalue weighted by Gasteiger charge is 2.20. The maximum Gasteiger partial charge on any atom is 0.249 e. The lowest BCUT2D eigenvalue weighted by Crippen LogP contribution is -2.40. The van der Waals surface area contributed by atoms with Crippen molar-refractivity contribution in [3.05, 3.63) is 24.4 Å². The van der Waals surface area contributed by atoms with Crippen molar-refractivity contribution in [2.45, 2.75) is 26.3 Å². The van der Waals surface area contributed by atoms with E-state index in [0.29, 0.717) is 11.5 Å². The number of hydrogen-bond donors (Lipinski definition) is 3. The molecule has 0 aliphatic rings. The molecular formula is C13H18N6O. The zero-order valence-corrected chi connectivity index (χ0v) is 11.5. The second kappa shape index (κ2) is 6.25. The van der Waals surface area contributed by atoms with Crippen molar-refractivity contribution in [2.24, 2.45) is 11.7 Å². The summed E-state index contributed by atoms with van der Waals surface area (Å²) in [4.78, 5) is 20.2. The predicted octanol–water partition coefficient (Wildman–Crippen LogP) is 1.18. The topological polar surface area (TPSA) is 110 Å². The van der Waals surface area contributed by atoms with Crippen LogP contribution in [0.1, 0.15) is 20.3 Å². The number of nitrogens with one attached hydrogen (secondary N) is 2. The first kappa shape index (κ1) is 14.1. The molecule has 4 N–H and O–H groups in total. The average Bonchev–Trinajstić information content (AvgIpc) is 2.95. The molecule has 0 saturated heterocycles. The number of amides is 1. The van der Waals surface area contributed by atoms with Crippen LogP contribution in [-0.4, -0.2) is 32.1 Å². The minimum absolute atomic E-state index is 0.101. The molecule has 0 saturated carbocycles. The summed E-state index contributed by atoms with van der Waals surface area (Å²) < 4.78 is 0. The smallest absolute Gasteiger partial charge is 0.249 e. The fraction of sp³-hybridized carbons (Fsp3) is 0.385. The highest BCUT2D eigenvalue weighted by atomic mass is 16.2. The van der Waals surface area contributed by atoms with E-state index in [9.17, 15) is 4.79 Å². The van der Waals surface area contributed by atoms with Gasteiger partial charge in [-0.15, -0.1) is 5.10 Å². The summed E-state index contributed by atoms with van der Waals surface area (Å²) in [6, 6.07) is 4.89. The maximum atomic E-state index is 11.9. The van der Waals surface area contributed by atoms with Crippen molar-refractivity contribution >= 4 is 11.9 Å². The molecule has 2 atom stereocenters. The van der Waals surface area contributed by atoms with E-state index < -0.39 is 6.04 Å². The van der Waals surface area contributed by atoms with E-state index in [4.69, 9.17) is 5.73 Å². The Morgan fingerprint density at radius 1 is 1.50 bits per heavy atom. The van der Waals surface area contributed by atoms with Crippen LogP contribution in [0.5, 0.6) is 0 Å². The van der Waals surface area contributed by atoms with Crippen molar-refractivity contribution in [3.8, 4) is 11.5 Å². The third kappa shape index (κ3) is 3.18. The van der Waals surface area contributed by atoms with Crippen molar-refractivity contribution in [3.63, 3.8) is 0 Å². The number of nitrogens with zero attached hydrogens (tertiary/aromatic N) is 3. The van der Waals surface area contributed by atoms with E-state index in [0.717, 1.165) is 6.42 Å². The largest absolute Gasteiger partial charge is 0.320 e. The van der Waals surface area contributed by atoms with Gasteiger partial charge in [0.25, 0.3) is 0 Å². The quantitative estimate of drug-likeness (QED) is 0.758. The van der Waals surface area contributed by atoms with Crippen molar-refractivity contribution in [1.82, 2.24) is 20.2 Å². The summed E-state index contributed by atoms with van der Waals surface area (Å²) in [7, 11) is 0. The summed E-state index contributed by atoms with van der Waals surface area (Å²) in [5, 5.41) is 9.27. The molecule has 106 valence electrons. The summed E-state index contributed by atoms with van der Waals surface area (Å²) >= 11 is 0. The maximum absolute atomic E-state index is 11.9. The number of hydrogen-bond acceptors (Lipinski definition) is 5. The molecule has 2 unspecified atom stereocenters. The van der Waals surface area contributed by atoms with Gasteiger partial charge >= 0.3 is 0 Å². The van der Waals surface area contributed by atoms with E-state index in [-0.39, 0.29) is 17.8 Å². The lowest BCUT2D eigenvalue weighted by Gasteiger charge is -2.16. The molecule has 0 bridgehead atoms. The van der Waals surface area contributed by atoms with Crippen LogP contribution in [-0.2, 0) is 4.79 Å². The van der Waals surface area contributed by atoms with E-state index in [1.165, 1.54) is 0 Å². The molecule has 0 aliphatic carbocycles. The van der Waals surface area contributed by atoms with Crippen LogP contribution in [0, 0.1) is 5.92 Å². The molecule has 7 heteroatoms. The molecule has 0 aliphatic heterocycles. The van der Waals surface area contributed by atoms with Gasteiger partial charge in [0.05, 0.1) is 6.04 Å². The Labute approximate surface area is 117 Å². The molecule has 1 amide bonds. The standard InChI is InChI=1S/C13H18N6O/c1-3-8(2)10(14)12(20)17-13-16-11(18-19-13)9-6-4-5-7-15-9/h4-8,10H,3,14H2,1-2H3,(H2,16,17,18,19,20). The Bertz CT molecular complexity index is 567. The number of nitrogens with two attached hydrogens (primary N) is 1. The SMILES string of the molecule is CCC(C)C(N)C(=O)Nc1n[nH]c(-c2ccccn2)n1. The van der Waals surface area contributed by atoms with Crippen LogP contribution < -0.4 is 11.1 Å². The van der Waals surface area contributed by atoms with Crippen LogP contribution in [0.15, 0.2) is 24.4 Å². The number of carbonyl (C=O) groups excluding carboxylic acids is 1. The zero-order valence-electron chi connectivity index (χ0n) is 11.5. The van der Waals surface area contributed by atoms with Crippen LogP contribution in [0.2, 0.25) is 0 Å². The molecule has 0 fully saturated rings. The van der Waals surface area contributed by atoms with Gasteiger partial charge in [-0.3, -0.25) is 20.2 Å². The third-order valence-corrected chi connectivity index (χ3v) is 3.19. The van der Waals surface area contributed by atoms with E-state index >= 15 is 0 Å². The summed E-state index contributed by atoms with van der Waals surface area (Å²) in [6.45, 7) is 3.92. The van der Waals surface area contributed by atoms with E-state index in [1.807, 2.05) is 26.0 Å². The summed E-state index contributed by atoms with van der Waals surface area (Å²) in [6.07, 6.45) is 2.50. The first-order chi connectivity index (χ1) is 9.61. The van der Waals surface area contributed by atoms with Gasteiger partial charge in [-0.25, -0.2) is 0 Å². The molecular weight excluding hydrogens is 256 g/mol. The first-order valence-electron chi connectivity index (χ1n) is 6.52. The Morgan fingerprint density at radius 3 is 2.95 bits per heavy atom. The second-order valence-electron chi connectivity index (χ2n) is 4.62.